The summed E-state index contributed by atoms with van der Waals surface area (Å²) in [6.45, 7) is 4.28. The fraction of sp³-hybridized carbons (Fsp3) is 0.714. The first-order valence-electron chi connectivity index (χ1n) is 6.82. The van der Waals surface area contributed by atoms with Crippen molar-refractivity contribution in [2.45, 2.75) is 64.3 Å². The topological polar surface area (TPSA) is 51.8 Å². The zero-order chi connectivity index (χ0) is 12.3. The fourth-order valence-corrected chi connectivity index (χ4v) is 2.86. The minimum absolute atomic E-state index is 0.169. The lowest BCUT2D eigenvalue weighted by Gasteiger charge is -2.22. The normalized spacial score (nSPS) is 19.2. The smallest absolute Gasteiger partial charge is 0.115 e. The summed E-state index contributed by atoms with van der Waals surface area (Å²) < 4.78 is 0. The molecule has 0 saturated carbocycles. The van der Waals surface area contributed by atoms with Gasteiger partial charge in [-0.05, 0) is 44.6 Å². The van der Waals surface area contributed by atoms with Crippen LogP contribution >= 0.6 is 0 Å². The first-order chi connectivity index (χ1) is 8.24. The third-order valence-corrected chi connectivity index (χ3v) is 3.83. The number of aromatic nitrogens is 2. The molecule has 0 aliphatic heterocycles. The van der Waals surface area contributed by atoms with Crippen molar-refractivity contribution in [3.05, 3.63) is 23.3 Å². The van der Waals surface area contributed by atoms with E-state index in [1.54, 1.807) is 6.33 Å². The van der Waals surface area contributed by atoms with E-state index < -0.39 is 0 Å². The van der Waals surface area contributed by atoms with Crippen LogP contribution < -0.4 is 5.73 Å². The van der Waals surface area contributed by atoms with E-state index in [4.69, 9.17) is 5.73 Å². The van der Waals surface area contributed by atoms with Gasteiger partial charge in [-0.2, -0.15) is 0 Å². The first kappa shape index (κ1) is 12.5. The summed E-state index contributed by atoms with van der Waals surface area (Å²) >= 11 is 0. The Labute approximate surface area is 104 Å². The molecule has 2 atom stereocenters. The number of rotatable bonds is 3. The monoisotopic (exact) mass is 233 g/mol. The van der Waals surface area contributed by atoms with Crippen molar-refractivity contribution in [1.82, 2.24) is 9.97 Å². The molecule has 2 N–H and O–H groups in total. The number of aryl methyl sites for hydroxylation is 1. The maximum absolute atomic E-state index is 6.09. The maximum Gasteiger partial charge on any atom is 0.115 e. The second kappa shape index (κ2) is 5.58. The van der Waals surface area contributed by atoms with Crippen LogP contribution in [0.3, 0.4) is 0 Å². The number of fused-ring (bicyclic) bond motifs is 1. The summed E-state index contributed by atoms with van der Waals surface area (Å²) in [5, 5.41) is 0. The van der Waals surface area contributed by atoms with Crippen LogP contribution in [-0.2, 0) is 12.8 Å². The Morgan fingerprint density at radius 1 is 1.24 bits per heavy atom. The Hall–Kier alpha value is -0.960. The lowest BCUT2D eigenvalue weighted by atomic mass is 9.89. The van der Waals surface area contributed by atoms with Gasteiger partial charge >= 0.3 is 0 Å². The van der Waals surface area contributed by atoms with Crippen LogP contribution in [0.4, 0.5) is 0 Å². The van der Waals surface area contributed by atoms with Gasteiger partial charge in [0.1, 0.15) is 6.33 Å². The van der Waals surface area contributed by atoms with Gasteiger partial charge in [0, 0.05) is 17.7 Å². The molecule has 1 aromatic rings. The molecule has 0 radical (unpaired) electrons. The maximum atomic E-state index is 6.09. The Kier molecular flexibility index (Phi) is 4.11. The quantitative estimate of drug-likeness (QED) is 0.816. The molecule has 1 heterocycles. The Morgan fingerprint density at radius 2 is 2.00 bits per heavy atom. The van der Waals surface area contributed by atoms with Crippen LogP contribution in [0, 0.1) is 0 Å². The molecule has 17 heavy (non-hydrogen) atoms. The molecule has 3 heteroatoms. The molecule has 1 aromatic heterocycles. The van der Waals surface area contributed by atoms with Gasteiger partial charge in [-0.1, -0.05) is 13.3 Å². The van der Waals surface area contributed by atoms with E-state index in [0.29, 0.717) is 5.92 Å². The van der Waals surface area contributed by atoms with Gasteiger partial charge in [-0.3, -0.25) is 0 Å². The molecule has 3 nitrogen and oxygen atoms in total. The average molecular weight is 233 g/mol. The van der Waals surface area contributed by atoms with E-state index in [9.17, 15) is 0 Å². The molecular formula is C14H23N3. The van der Waals surface area contributed by atoms with Crippen LogP contribution in [0.1, 0.15) is 62.4 Å². The predicted octanol–water partition coefficient (Wildman–Crippen LogP) is 2.59. The summed E-state index contributed by atoms with van der Waals surface area (Å²) in [7, 11) is 0. The van der Waals surface area contributed by atoms with E-state index in [1.807, 2.05) is 0 Å². The van der Waals surface area contributed by atoms with Gasteiger partial charge in [-0.15, -0.1) is 0 Å². The Morgan fingerprint density at radius 3 is 2.71 bits per heavy atom. The first-order valence-corrected chi connectivity index (χ1v) is 6.82. The molecule has 0 aromatic carbocycles. The summed E-state index contributed by atoms with van der Waals surface area (Å²) in [6.07, 6.45) is 8.87. The molecule has 0 amide bonds. The molecule has 0 saturated heterocycles. The van der Waals surface area contributed by atoms with Crippen LogP contribution in [0.2, 0.25) is 0 Å². The number of hydrogen-bond donors (Lipinski definition) is 1. The SMILES string of the molecule is CCC(c1ncnc2c1CCCCC2)C(C)N. The Balaban J connectivity index is 2.39. The van der Waals surface area contributed by atoms with E-state index in [1.165, 1.54) is 36.2 Å². The molecule has 0 bridgehead atoms. The minimum atomic E-state index is 0.169. The average Bonchev–Trinajstić information content (AvgIpc) is 2.55. The molecule has 2 unspecified atom stereocenters. The van der Waals surface area contributed by atoms with Crippen LogP contribution in [-0.4, -0.2) is 16.0 Å². The van der Waals surface area contributed by atoms with Crippen molar-refractivity contribution in [3.8, 4) is 0 Å². The highest BCUT2D eigenvalue weighted by Crippen LogP contribution is 2.28. The zero-order valence-corrected chi connectivity index (χ0v) is 10.9. The third kappa shape index (κ3) is 2.65. The molecular weight excluding hydrogens is 210 g/mol. The van der Waals surface area contributed by atoms with E-state index in [-0.39, 0.29) is 6.04 Å². The number of hydrogen-bond acceptors (Lipinski definition) is 3. The fourth-order valence-electron chi connectivity index (χ4n) is 2.86. The highest BCUT2D eigenvalue weighted by molar-refractivity contribution is 5.29. The van der Waals surface area contributed by atoms with Crippen molar-refractivity contribution < 1.29 is 0 Å². The van der Waals surface area contributed by atoms with Crippen LogP contribution in [0.25, 0.3) is 0 Å². The van der Waals surface area contributed by atoms with Gasteiger partial charge in [0.25, 0.3) is 0 Å². The summed E-state index contributed by atoms with van der Waals surface area (Å²) in [5.41, 5.74) is 9.98. The lowest BCUT2D eigenvalue weighted by molar-refractivity contribution is 0.532. The predicted molar refractivity (Wildman–Crippen MR) is 70.0 cm³/mol. The van der Waals surface area contributed by atoms with Crippen LogP contribution in [0.15, 0.2) is 6.33 Å². The standard InChI is InChI=1S/C14H23N3/c1-3-11(10(2)15)14-12-7-5-4-6-8-13(12)16-9-17-14/h9-11H,3-8,15H2,1-2H3. The lowest BCUT2D eigenvalue weighted by Crippen LogP contribution is -2.26. The highest BCUT2D eigenvalue weighted by Gasteiger charge is 2.22. The summed E-state index contributed by atoms with van der Waals surface area (Å²) in [6, 6.07) is 0.169. The van der Waals surface area contributed by atoms with Gasteiger partial charge in [0.05, 0.1) is 5.69 Å². The molecule has 1 aliphatic carbocycles. The largest absolute Gasteiger partial charge is 0.327 e. The van der Waals surface area contributed by atoms with Gasteiger partial charge < -0.3 is 5.73 Å². The van der Waals surface area contributed by atoms with Crippen molar-refractivity contribution in [2.24, 2.45) is 5.73 Å². The zero-order valence-electron chi connectivity index (χ0n) is 10.9. The van der Waals surface area contributed by atoms with Crippen molar-refractivity contribution >= 4 is 0 Å². The molecule has 0 fully saturated rings. The molecule has 2 rings (SSSR count). The molecule has 0 spiro atoms. The molecule has 94 valence electrons. The van der Waals surface area contributed by atoms with Gasteiger partial charge in [0.15, 0.2) is 0 Å². The van der Waals surface area contributed by atoms with Crippen molar-refractivity contribution in [3.63, 3.8) is 0 Å². The van der Waals surface area contributed by atoms with E-state index in [2.05, 4.69) is 23.8 Å². The second-order valence-corrected chi connectivity index (χ2v) is 5.12. The van der Waals surface area contributed by atoms with E-state index in [0.717, 1.165) is 19.3 Å². The number of nitrogens with zero attached hydrogens (tertiary/aromatic N) is 2. The summed E-state index contributed by atoms with van der Waals surface area (Å²) in [4.78, 5) is 9.00. The van der Waals surface area contributed by atoms with Crippen molar-refractivity contribution in [2.75, 3.05) is 0 Å². The number of nitrogens with two attached hydrogens (primary N) is 1. The highest BCUT2D eigenvalue weighted by atomic mass is 14.9. The second-order valence-electron chi connectivity index (χ2n) is 5.12. The third-order valence-electron chi connectivity index (χ3n) is 3.83. The Bertz CT molecular complexity index is 374. The van der Waals surface area contributed by atoms with Crippen molar-refractivity contribution in [1.29, 1.82) is 0 Å². The van der Waals surface area contributed by atoms with Gasteiger partial charge in [0.2, 0.25) is 0 Å². The summed E-state index contributed by atoms with van der Waals surface area (Å²) in [5.74, 6) is 0.379. The molecule has 1 aliphatic rings. The van der Waals surface area contributed by atoms with Gasteiger partial charge in [-0.25, -0.2) is 9.97 Å². The minimum Gasteiger partial charge on any atom is -0.327 e. The van der Waals surface area contributed by atoms with Crippen LogP contribution in [0.5, 0.6) is 0 Å². The van der Waals surface area contributed by atoms with E-state index >= 15 is 0 Å².